The minimum atomic E-state index is 0.765. The fourth-order valence-electron chi connectivity index (χ4n) is 3.84. The van der Waals surface area contributed by atoms with Crippen LogP contribution < -0.4 is 0 Å². The minimum absolute atomic E-state index is 0.765. The third-order valence-corrected chi connectivity index (χ3v) is 5.34. The Balaban J connectivity index is 1.81. The molecule has 0 bridgehead atoms. The molecule has 4 aromatic rings. The summed E-state index contributed by atoms with van der Waals surface area (Å²) < 4.78 is 2.39. The molecule has 0 spiro atoms. The van der Waals surface area contributed by atoms with E-state index in [4.69, 9.17) is 11.6 Å². The quantitative estimate of drug-likeness (QED) is 0.355. The van der Waals surface area contributed by atoms with Crippen LogP contribution in [0.4, 0.5) is 0 Å². The summed E-state index contributed by atoms with van der Waals surface area (Å²) in [4.78, 5) is 0. The molecule has 0 N–H and O–H groups in total. The van der Waals surface area contributed by atoms with E-state index in [9.17, 15) is 0 Å². The highest BCUT2D eigenvalue weighted by Gasteiger charge is 2.14. The lowest BCUT2D eigenvalue weighted by atomic mass is 10.0. The molecular formula is C24H18ClN. The molecule has 3 aromatic carbocycles. The predicted molar refractivity (Wildman–Crippen MR) is 113 cm³/mol. The third kappa shape index (κ3) is 2.48. The summed E-state index contributed by atoms with van der Waals surface area (Å²) in [6, 6.07) is 23.4. The molecular weight excluding hydrogens is 338 g/mol. The van der Waals surface area contributed by atoms with Crippen LogP contribution in [0, 0.1) is 0 Å². The summed E-state index contributed by atoms with van der Waals surface area (Å²) in [6.45, 7) is 0. The molecule has 2 heteroatoms. The Morgan fingerprint density at radius 2 is 1.50 bits per heavy atom. The number of aromatic nitrogens is 1. The Morgan fingerprint density at radius 3 is 2.31 bits per heavy atom. The van der Waals surface area contributed by atoms with Crippen molar-refractivity contribution in [1.29, 1.82) is 0 Å². The van der Waals surface area contributed by atoms with Crippen molar-refractivity contribution in [1.82, 2.24) is 4.57 Å². The van der Waals surface area contributed by atoms with Gasteiger partial charge in [0.25, 0.3) is 0 Å². The molecule has 1 heterocycles. The molecule has 0 amide bonds. The Labute approximate surface area is 157 Å². The van der Waals surface area contributed by atoms with E-state index >= 15 is 0 Å². The minimum Gasteiger partial charge on any atom is -0.310 e. The van der Waals surface area contributed by atoms with Gasteiger partial charge in [0.1, 0.15) is 0 Å². The lowest BCUT2D eigenvalue weighted by Crippen LogP contribution is -1.97. The van der Waals surface area contributed by atoms with Crippen LogP contribution in [0.3, 0.4) is 0 Å². The summed E-state index contributed by atoms with van der Waals surface area (Å²) in [5, 5.41) is 3.35. The van der Waals surface area contributed by atoms with Crippen molar-refractivity contribution in [2.75, 3.05) is 0 Å². The summed E-state index contributed by atoms with van der Waals surface area (Å²) in [5.41, 5.74) is 6.15. The zero-order valence-corrected chi connectivity index (χ0v) is 15.1. The average molecular weight is 356 g/mol. The van der Waals surface area contributed by atoms with E-state index in [1.165, 1.54) is 38.6 Å². The van der Waals surface area contributed by atoms with E-state index in [0.29, 0.717) is 0 Å². The van der Waals surface area contributed by atoms with Crippen LogP contribution in [-0.2, 0) is 0 Å². The van der Waals surface area contributed by atoms with E-state index in [2.05, 4.69) is 77.4 Å². The van der Waals surface area contributed by atoms with Crippen LogP contribution in [0.5, 0.6) is 0 Å². The number of allylic oxidation sites excluding steroid dienone is 4. The number of fused-ring (bicyclic) bond motifs is 3. The number of hydrogen-bond donors (Lipinski definition) is 0. The van der Waals surface area contributed by atoms with E-state index < -0.39 is 0 Å². The fourth-order valence-corrected chi connectivity index (χ4v) is 3.96. The van der Waals surface area contributed by atoms with Crippen molar-refractivity contribution < 1.29 is 0 Å². The second-order valence-electron chi connectivity index (χ2n) is 6.70. The number of hydrogen-bond acceptors (Lipinski definition) is 0. The number of nitrogens with zero attached hydrogens (tertiary/aromatic N) is 1. The molecule has 0 radical (unpaired) electrons. The van der Waals surface area contributed by atoms with Gasteiger partial charge in [-0.3, -0.25) is 0 Å². The Kier molecular flexibility index (Phi) is 3.69. The standard InChI is InChI=1S/C24H18ClN/c25-19-13-10-17(11-14-19)18-12-15-22-21-8-4-5-9-23(21)26(24(22)16-18)20-6-2-1-3-7-20/h2,4-16H,1,3H2. The van der Waals surface area contributed by atoms with E-state index in [1.54, 1.807) is 0 Å². The van der Waals surface area contributed by atoms with Crippen LogP contribution in [0.25, 0.3) is 38.6 Å². The summed E-state index contributed by atoms with van der Waals surface area (Å²) >= 11 is 6.06. The van der Waals surface area contributed by atoms with E-state index in [0.717, 1.165) is 17.9 Å². The molecule has 0 saturated carbocycles. The van der Waals surface area contributed by atoms with Crippen molar-refractivity contribution in [2.24, 2.45) is 0 Å². The third-order valence-electron chi connectivity index (χ3n) is 5.08. The molecule has 1 nitrogen and oxygen atoms in total. The van der Waals surface area contributed by atoms with Crippen LogP contribution in [0.15, 0.2) is 85.0 Å². The maximum atomic E-state index is 6.06. The normalized spacial score (nSPS) is 14.1. The van der Waals surface area contributed by atoms with Gasteiger partial charge in [-0.2, -0.15) is 0 Å². The summed E-state index contributed by atoms with van der Waals surface area (Å²) in [5.74, 6) is 0. The first-order valence-electron chi connectivity index (χ1n) is 8.97. The Morgan fingerprint density at radius 1 is 0.731 bits per heavy atom. The van der Waals surface area contributed by atoms with Gasteiger partial charge in [-0.1, -0.05) is 66.2 Å². The van der Waals surface area contributed by atoms with Crippen molar-refractivity contribution in [3.05, 3.63) is 90.0 Å². The molecule has 5 rings (SSSR count). The zero-order chi connectivity index (χ0) is 17.5. The van der Waals surface area contributed by atoms with Crippen LogP contribution >= 0.6 is 11.6 Å². The molecule has 0 fully saturated rings. The first kappa shape index (κ1) is 15.5. The summed E-state index contributed by atoms with van der Waals surface area (Å²) in [6.07, 6.45) is 9.05. The van der Waals surface area contributed by atoms with E-state index in [1.807, 2.05) is 12.1 Å². The van der Waals surface area contributed by atoms with Gasteiger partial charge in [-0.15, -0.1) is 0 Å². The second kappa shape index (κ2) is 6.19. The van der Waals surface area contributed by atoms with Crippen molar-refractivity contribution >= 4 is 39.1 Å². The van der Waals surface area contributed by atoms with Gasteiger partial charge in [0.15, 0.2) is 0 Å². The molecule has 26 heavy (non-hydrogen) atoms. The Bertz CT molecular complexity index is 1180. The second-order valence-corrected chi connectivity index (χ2v) is 7.14. The summed E-state index contributed by atoms with van der Waals surface area (Å²) in [7, 11) is 0. The van der Waals surface area contributed by atoms with Gasteiger partial charge < -0.3 is 4.57 Å². The zero-order valence-electron chi connectivity index (χ0n) is 14.3. The van der Waals surface area contributed by atoms with Gasteiger partial charge >= 0.3 is 0 Å². The largest absolute Gasteiger partial charge is 0.310 e. The van der Waals surface area contributed by atoms with Crippen LogP contribution in [0.1, 0.15) is 12.8 Å². The molecule has 0 aliphatic heterocycles. The first-order chi connectivity index (χ1) is 12.8. The molecule has 1 aliphatic carbocycles. The maximum absolute atomic E-state index is 6.06. The fraction of sp³-hybridized carbons (Fsp3) is 0.0833. The number of rotatable bonds is 2. The highest BCUT2D eigenvalue weighted by atomic mass is 35.5. The van der Waals surface area contributed by atoms with Crippen LogP contribution in [-0.4, -0.2) is 4.57 Å². The maximum Gasteiger partial charge on any atom is 0.0547 e. The van der Waals surface area contributed by atoms with Gasteiger partial charge in [-0.25, -0.2) is 0 Å². The van der Waals surface area contributed by atoms with Gasteiger partial charge in [0.05, 0.1) is 11.0 Å². The number of para-hydroxylation sites is 1. The first-order valence-corrected chi connectivity index (χ1v) is 9.35. The highest BCUT2D eigenvalue weighted by Crippen LogP contribution is 2.35. The number of benzene rings is 3. The molecule has 1 aliphatic rings. The van der Waals surface area contributed by atoms with Gasteiger partial charge in [0.2, 0.25) is 0 Å². The van der Waals surface area contributed by atoms with Gasteiger partial charge in [-0.05, 0) is 54.3 Å². The monoisotopic (exact) mass is 355 g/mol. The lowest BCUT2D eigenvalue weighted by Gasteiger charge is -2.12. The highest BCUT2D eigenvalue weighted by molar-refractivity contribution is 6.30. The predicted octanol–water partition coefficient (Wildman–Crippen LogP) is 7.31. The van der Waals surface area contributed by atoms with Gasteiger partial charge in [0, 0.05) is 21.5 Å². The van der Waals surface area contributed by atoms with Crippen molar-refractivity contribution in [2.45, 2.75) is 12.8 Å². The molecule has 0 saturated heterocycles. The van der Waals surface area contributed by atoms with Crippen molar-refractivity contribution in [3.8, 4) is 11.1 Å². The molecule has 0 atom stereocenters. The Hall–Kier alpha value is -2.77. The molecule has 0 unspecified atom stereocenters. The molecule has 126 valence electrons. The topological polar surface area (TPSA) is 4.93 Å². The smallest absolute Gasteiger partial charge is 0.0547 e. The lowest BCUT2D eigenvalue weighted by molar-refractivity contribution is 1.02. The molecule has 1 aromatic heterocycles. The average Bonchev–Trinajstić information content (AvgIpc) is 3.03. The van der Waals surface area contributed by atoms with Crippen molar-refractivity contribution in [3.63, 3.8) is 0 Å². The van der Waals surface area contributed by atoms with E-state index in [-0.39, 0.29) is 0 Å². The SMILES string of the molecule is Clc1ccc(-c2ccc3c4ccccc4n(C4=CCCC=C4)c3c2)cc1. The van der Waals surface area contributed by atoms with Crippen LogP contribution in [0.2, 0.25) is 5.02 Å². The number of halogens is 1.